The van der Waals surface area contributed by atoms with Gasteiger partial charge in [-0.15, -0.1) is 13.2 Å². The van der Waals surface area contributed by atoms with Crippen molar-refractivity contribution in [1.29, 1.82) is 0 Å². The lowest BCUT2D eigenvalue weighted by Crippen LogP contribution is -2.22. The zero-order valence-electron chi connectivity index (χ0n) is 7.44. The molecule has 16 heavy (non-hydrogen) atoms. The molecule has 4 nitrogen and oxygen atoms in total. The highest BCUT2D eigenvalue weighted by Gasteiger charge is 2.32. The first kappa shape index (κ1) is 12.3. The average Bonchev–Trinajstić information content (AvgIpc) is 1.96. The van der Waals surface area contributed by atoms with Gasteiger partial charge in [0.05, 0.1) is 5.69 Å². The Morgan fingerprint density at radius 1 is 1.38 bits per heavy atom. The van der Waals surface area contributed by atoms with Gasteiger partial charge in [0.15, 0.2) is 0 Å². The van der Waals surface area contributed by atoms with E-state index >= 15 is 0 Å². The van der Waals surface area contributed by atoms with E-state index in [4.69, 9.17) is 5.73 Å². The molecule has 1 aromatic rings. The second-order valence-electron chi connectivity index (χ2n) is 2.68. The lowest BCUT2D eigenvalue weighted by atomic mass is 10.2. The molecule has 0 saturated heterocycles. The number of aromatic nitrogens is 1. The highest BCUT2D eigenvalue weighted by Crippen LogP contribution is 2.26. The molecule has 1 heterocycles. The van der Waals surface area contributed by atoms with Gasteiger partial charge >= 0.3 is 6.36 Å². The molecular weight excluding hydrogens is 239 g/mol. The van der Waals surface area contributed by atoms with E-state index < -0.39 is 35.5 Å². The van der Waals surface area contributed by atoms with Crippen LogP contribution in [0.2, 0.25) is 0 Å². The van der Waals surface area contributed by atoms with E-state index in [2.05, 4.69) is 4.74 Å². The minimum Gasteiger partial charge on any atom is -0.398 e. The van der Waals surface area contributed by atoms with Gasteiger partial charge in [-0.2, -0.15) is 0 Å². The maximum Gasteiger partial charge on any atom is 0.574 e. The first-order chi connectivity index (χ1) is 7.20. The Morgan fingerprint density at radius 3 is 2.31 bits per heavy atom. The number of pyridine rings is 1. The highest BCUT2D eigenvalue weighted by molar-refractivity contribution is 5.48. The van der Waals surface area contributed by atoms with E-state index in [0.717, 1.165) is 0 Å². The molecule has 0 aliphatic rings. The van der Waals surface area contributed by atoms with Crippen molar-refractivity contribution in [2.45, 2.75) is 12.8 Å². The first-order valence-corrected chi connectivity index (χ1v) is 3.77. The predicted molar refractivity (Wildman–Crippen MR) is 43.1 cm³/mol. The number of halogens is 5. The van der Waals surface area contributed by atoms with Gasteiger partial charge in [-0.05, 0) is 0 Å². The molecule has 0 saturated carbocycles. The largest absolute Gasteiger partial charge is 0.574 e. The third-order valence-corrected chi connectivity index (χ3v) is 1.52. The Kier molecular flexibility index (Phi) is 3.06. The molecule has 0 aromatic carbocycles. The number of anilines is 1. The number of H-pyrrole nitrogens is 1. The Labute approximate surface area is 84.8 Å². The van der Waals surface area contributed by atoms with E-state index in [1.54, 1.807) is 0 Å². The van der Waals surface area contributed by atoms with Crippen molar-refractivity contribution in [2.75, 3.05) is 5.73 Å². The molecular formula is C7H5F5N2O2. The molecule has 0 aliphatic heterocycles. The molecule has 0 spiro atoms. The number of hydrogen-bond acceptors (Lipinski definition) is 3. The molecule has 90 valence electrons. The topological polar surface area (TPSA) is 68.1 Å². The Balaban J connectivity index is 3.16. The monoisotopic (exact) mass is 244 g/mol. The van der Waals surface area contributed by atoms with Gasteiger partial charge in [-0.25, -0.2) is 8.78 Å². The van der Waals surface area contributed by atoms with Crippen LogP contribution in [0.25, 0.3) is 0 Å². The zero-order chi connectivity index (χ0) is 12.5. The minimum absolute atomic E-state index is 0.469. The minimum atomic E-state index is -5.04. The van der Waals surface area contributed by atoms with Gasteiger partial charge in [0.25, 0.3) is 12.0 Å². The van der Waals surface area contributed by atoms with Crippen LogP contribution < -0.4 is 16.0 Å². The number of rotatable bonds is 2. The van der Waals surface area contributed by atoms with Gasteiger partial charge in [-0.3, -0.25) is 9.78 Å². The standard InChI is InChI=1S/C7H5F5N2O2/c8-5(9)4-2(13)1-3(14-6(4)15)16-7(10,11)12/h1,5H,(H3,13,14,15). The van der Waals surface area contributed by atoms with E-state index in [1.807, 2.05) is 0 Å². The summed E-state index contributed by atoms with van der Waals surface area (Å²) < 4.78 is 62.9. The van der Waals surface area contributed by atoms with Crippen molar-refractivity contribution >= 4 is 5.69 Å². The van der Waals surface area contributed by atoms with Gasteiger partial charge in [0.2, 0.25) is 5.88 Å². The molecule has 1 rings (SSSR count). The van der Waals surface area contributed by atoms with Crippen LogP contribution in [0, 0.1) is 0 Å². The van der Waals surface area contributed by atoms with Crippen LogP contribution in [-0.4, -0.2) is 11.3 Å². The number of aromatic amines is 1. The van der Waals surface area contributed by atoms with E-state index in [0.29, 0.717) is 6.07 Å². The van der Waals surface area contributed by atoms with Crippen molar-refractivity contribution in [3.63, 3.8) is 0 Å². The molecule has 0 fully saturated rings. The summed E-state index contributed by atoms with van der Waals surface area (Å²) in [6, 6.07) is 0.469. The maximum absolute atomic E-state index is 12.2. The summed E-state index contributed by atoms with van der Waals surface area (Å²) in [5.41, 5.74) is 1.72. The van der Waals surface area contributed by atoms with Crippen LogP contribution in [-0.2, 0) is 0 Å². The first-order valence-electron chi connectivity index (χ1n) is 3.77. The van der Waals surface area contributed by atoms with Gasteiger partial charge in [0.1, 0.15) is 5.56 Å². The average molecular weight is 244 g/mol. The van der Waals surface area contributed by atoms with Crippen LogP contribution in [0.3, 0.4) is 0 Å². The number of alkyl halides is 5. The third-order valence-electron chi connectivity index (χ3n) is 1.52. The summed E-state index contributed by atoms with van der Waals surface area (Å²) in [5.74, 6) is -1.04. The summed E-state index contributed by atoms with van der Waals surface area (Å²) in [6.45, 7) is 0. The normalized spacial score (nSPS) is 11.9. The fraction of sp³-hybridized carbons (Fsp3) is 0.286. The second-order valence-corrected chi connectivity index (χ2v) is 2.68. The number of hydrogen-bond donors (Lipinski definition) is 2. The summed E-state index contributed by atoms with van der Waals surface area (Å²) in [5, 5.41) is 0. The lowest BCUT2D eigenvalue weighted by molar-refractivity contribution is -0.276. The SMILES string of the molecule is Nc1cc(OC(F)(F)F)[nH]c(=O)c1C(F)F. The fourth-order valence-electron chi connectivity index (χ4n) is 0.970. The van der Waals surface area contributed by atoms with Crippen LogP contribution in [0.4, 0.5) is 27.6 Å². The maximum atomic E-state index is 12.2. The Bertz CT molecular complexity index is 439. The van der Waals surface area contributed by atoms with Crippen molar-refractivity contribution in [3.05, 3.63) is 22.0 Å². The molecule has 0 bridgehead atoms. The van der Waals surface area contributed by atoms with Crippen molar-refractivity contribution in [1.82, 2.24) is 4.98 Å². The van der Waals surface area contributed by atoms with Crippen LogP contribution >= 0.6 is 0 Å². The molecule has 3 N–H and O–H groups in total. The molecule has 9 heteroatoms. The van der Waals surface area contributed by atoms with E-state index in [-0.39, 0.29) is 0 Å². The Morgan fingerprint density at radius 2 is 1.94 bits per heavy atom. The fourth-order valence-corrected chi connectivity index (χ4v) is 0.970. The van der Waals surface area contributed by atoms with Crippen molar-refractivity contribution in [3.8, 4) is 5.88 Å². The smallest absolute Gasteiger partial charge is 0.398 e. The molecule has 0 unspecified atom stereocenters. The third kappa shape index (κ3) is 2.84. The molecule has 0 atom stereocenters. The van der Waals surface area contributed by atoms with E-state index in [9.17, 15) is 26.7 Å². The second kappa shape index (κ2) is 3.99. The Hall–Kier alpha value is -1.80. The summed E-state index contributed by atoms with van der Waals surface area (Å²) in [7, 11) is 0. The van der Waals surface area contributed by atoms with Crippen LogP contribution in [0.1, 0.15) is 12.0 Å². The van der Waals surface area contributed by atoms with Gasteiger partial charge in [-0.1, -0.05) is 0 Å². The summed E-state index contributed by atoms with van der Waals surface area (Å²) in [4.78, 5) is 12.4. The van der Waals surface area contributed by atoms with Crippen molar-refractivity contribution < 1.29 is 26.7 Å². The highest BCUT2D eigenvalue weighted by atomic mass is 19.4. The zero-order valence-corrected chi connectivity index (χ0v) is 7.44. The quantitative estimate of drug-likeness (QED) is 0.779. The van der Waals surface area contributed by atoms with E-state index in [1.165, 1.54) is 4.98 Å². The molecule has 1 aromatic heterocycles. The summed E-state index contributed by atoms with van der Waals surface area (Å²) >= 11 is 0. The van der Waals surface area contributed by atoms with Crippen LogP contribution in [0.5, 0.6) is 5.88 Å². The lowest BCUT2D eigenvalue weighted by Gasteiger charge is -2.10. The number of ether oxygens (including phenoxy) is 1. The number of nitrogens with two attached hydrogens (primary N) is 1. The number of nitrogen functional groups attached to an aromatic ring is 1. The molecule has 0 amide bonds. The molecule has 0 aliphatic carbocycles. The van der Waals surface area contributed by atoms with Gasteiger partial charge < -0.3 is 10.5 Å². The van der Waals surface area contributed by atoms with Crippen molar-refractivity contribution in [2.24, 2.45) is 0 Å². The summed E-state index contributed by atoms with van der Waals surface area (Å²) in [6.07, 6.45) is -8.22. The molecule has 0 radical (unpaired) electrons. The van der Waals surface area contributed by atoms with Crippen LogP contribution in [0.15, 0.2) is 10.9 Å². The predicted octanol–water partition coefficient (Wildman–Crippen LogP) is 1.79. The van der Waals surface area contributed by atoms with Gasteiger partial charge in [0, 0.05) is 6.07 Å². The number of nitrogens with one attached hydrogen (secondary N) is 1.